The minimum absolute atomic E-state index is 0.414. The summed E-state index contributed by atoms with van der Waals surface area (Å²) >= 11 is 0. The van der Waals surface area contributed by atoms with Crippen molar-refractivity contribution in [3.8, 4) is 0 Å². The van der Waals surface area contributed by atoms with Crippen LogP contribution in [0.25, 0.3) is 0 Å². The molecule has 0 amide bonds. The quantitative estimate of drug-likeness (QED) is 0.482. The van der Waals surface area contributed by atoms with Crippen LogP contribution >= 0.6 is 0 Å². The molecule has 2 saturated carbocycles. The van der Waals surface area contributed by atoms with Crippen molar-refractivity contribution in [1.82, 2.24) is 10.6 Å². The van der Waals surface area contributed by atoms with E-state index in [2.05, 4.69) is 10.6 Å². The summed E-state index contributed by atoms with van der Waals surface area (Å²) < 4.78 is 0. The van der Waals surface area contributed by atoms with E-state index in [0.717, 1.165) is 49.9 Å². The Bertz CT molecular complexity index is 202. The van der Waals surface area contributed by atoms with Gasteiger partial charge in [0.1, 0.15) is 0 Å². The molecule has 0 bridgehead atoms. The Balaban J connectivity index is 0.000000101. The molecular formula is C12H22N2O2. The number of hydrogen-bond acceptors (Lipinski definition) is 4. The van der Waals surface area contributed by atoms with E-state index in [9.17, 15) is 0 Å². The van der Waals surface area contributed by atoms with Crippen molar-refractivity contribution in [3.63, 3.8) is 0 Å². The Morgan fingerprint density at radius 2 is 1.00 bits per heavy atom. The second-order valence-electron chi connectivity index (χ2n) is 5.66. The fourth-order valence-corrected chi connectivity index (χ4v) is 3.63. The van der Waals surface area contributed by atoms with E-state index in [-0.39, 0.29) is 0 Å². The number of rotatable bonds is 2. The van der Waals surface area contributed by atoms with Gasteiger partial charge in [-0.1, -0.05) is 0 Å². The number of nitrogens with one attached hydrogen (secondary N) is 2. The average molecular weight is 226 g/mol. The van der Waals surface area contributed by atoms with Gasteiger partial charge in [0.05, 0.1) is 0 Å². The maximum absolute atomic E-state index is 8.68. The van der Waals surface area contributed by atoms with Gasteiger partial charge in [0.25, 0.3) is 0 Å². The standard InChI is InChI=1S/2C6H11NO/c2*8-3-6-4-1-7-2-5(4)6/h2*4-8H,1-3H2/t2*4-,5+,6?. The lowest BCUT2D eigenvalue weighted by atomic mass is 10.3. The Kier molecular flexibility index (Phi) is 2.92. The molecule has 2 aliphatic heterocycles. The van der Waals surface area contributed by atoms with Gasteiger partial charge in [-0.05, 0) is 61.7 Å². The molecule has 0 radical (unpaired) electrons. The van der Waals surface area contributed by atoms with E-state index < -0.39 is 0 Å². The van der Waals surface area contributed by atoms with Crippen LogP contribution in [-0.4, -0.2) is 49.6 Å². The molecule has 2 unspecified atom stereocenters. The van der Waals surface area contributed by atoms with Crippen LogP contribution in [-0.2, 0) is 0 Å². The average Bonchev–Trinajstić information content (AvgIpc) is 2.97. The first kappa shape index (κ1) is 11.0. The van der Waals surface area contributed by atoms with Gasteiger partial charge in [0, 0.05) is 13.2 Å². The summed E-state index contributed by atoms with van der Waals surface area (Å²) in [5.41, 5.74) is 0. The predicted octanol–water partition coefficient (Wildman–Crippen LogP) is -1.11. The van der Waals surface area contributed by atoms with E-state index in [1.807, 2.05) is 0 Å². The van der Waals surface area contributed by atoms with Crippen LogP contribution in [0, 0.1) is 35.5 Å². The molecule has 2 saturated heterocycles. The largest absolute Gasteiger partial charge is 0.396 e. The molecule has 2 heterocycles. The van der Waals surface area contributed by atoms with Crippen molar-refractivity contribution in [2.45, 2.75) is 0 Å². The fraction of sp³-hybridized carbons (Fsp3) is 1.00. The minimum atomic E-state index is 0.414. The molecular weight excluding hydrogens is 204 g/mol. The molecule has 4 rings (SSSR count). The summed E-state index contributed by atoms with van der Waals surface area (Å²) in [4.78, 5) is 0. The van der Waals surface area contributed by atoms with Crippen molar-refractivity contribution < 1.29 is 10.2 Å². The van der Waals surface area contributed by atoms with Crippen LogP contribution in [0.2, 0.25) is 0 Å². The van der Waals surface area contributed by atoms with Crippen molar-refractivity contribution in [2.75, 3.05) is 39.4 Å². The van der Waals surface area contributed by atoms with Crippen LogP contribution in [0.4, 0.5) is 0 Å². The maximum atomic E-state index is 8.68. The zero-order valence-electron chi connectivity index (χ0n) is 9.60. The monoisotopic (exact) mass is 226 g/mol. The molecule has 0 aromatic carbocycles. The van der Waals surface area contributed by atoms with Crippen LogP contribution in [0.3, 0.4) is 0 Å². The zero-order chi connectivity index (χ0) is 11.1. The molecule has 4 heteroatoms. The van der Waals surface area contributed by atoms with Gasteiger partial charge < -0.3 is 20.8 Å². The number of fused-ring (bicyclic) bond motifs is 2. The minimum Gasteiger partial charge on any atom is -0.396 e. The highest BCUT2D eigenvalue weighted by Gasteiger charge is 2.52. The lowest BCUT2D eigenvalue weighted by molar-refractivity contribution is 0.258. The predicted molar refractivity (Wildman–Crippen MR) is 60.9 cm³/mol. The van der Waals surface area contributed by atoms with Crippen molar-refractivity contribution in [1.29, 1.82) is 0 Å². The first-order chi connectivity index (χ1) is 7.86. The van der Waals surface area contributed by atoms with E-state index in [1.54, 1.807) is 0 Å². The molecule has 0 aromatic rings. The summed E-state index contributed by atoms with van der Waals surface area (Å²) in [6, 6.07) is 0. The molecule has 4 fully saturated rings. The van der Waals surface area contributed by atoms with E-state index in [1.165, 1.54) is 0 Å². The smallest absolute Gasteiger partial charge is 0.0465 e. The second-order valence-corrected chi connectivity index (χ2v) is 5.66. The maximum Gasteiger partial charge on any atom is 0.0465 e. The van der Waals surface area contributed by atoms with Crippen molar-refractivity contribution in [3.05, 3.63) is 0 Å². The first-order valence-corrected chi connectivity index (χ1v) is 6.50. The Hall–Kier alpha value is -0.160. The topological polar surface area (TPSA) is 64.5 Å². The lowest BCUT2D eigenvalue weighted by Gasteiger charge is -1.97. The fourth-order valence-electron chi connectivity index (χ4n) is 3.63. The molecule has 16 heavy (non-hydrogen) atoms. The van der Waals surface area contributed by atoms with Crippen LogP contribution in [0.15, 0.2) is 0 Å². The molecule has 2 aliphatic carbocycles. The van der Waals surface area contributed by atoms with Crippen LogP contribution in [0.1, 0.15) is 0 Å². The van der Waals surface area contributed by atoms with E-state index >= 15 is 0 Å². The van der Waals surface area contributed by atoms with Crippen molar-refractivity contribution in [2.24, 2.45) is 35.5 Å². The Morgan fingerprint density at radius 3 is 1.19 bits per heavy atom. The number of hydrogen-bond donors (Lipinski definition) is 4. The third kappa shape index (κ3) is 1.78. The number of aliphatic hydroxyl groups excluding tert-OH is 2. The Labute approximate surface area is 96.4 Å². The second kappa shape index (κ2) is 4.26. The molecule has 6 atom stereocenters. The molecule has 0 aromatic heterocycles. The summed E-state index contributed by atoms with van der Waals surface area (Å²) in [7, 11) is 0. The molecule has 92 valence electrons. The van der Waals surface area contributed by atoms with Crippen LogP contribution < -0.4 is 10.6 Å². The number of piperidine rings is 2. The molecule has 4 N–H and O–H groups in total. The van der Waals surface area contributed by atoms with Gasteiger partial charge >= 0.3 is 0 Å². The van der Waals surface area contributed by atoms with Gasteiger partial charge in [-0.25, -0.2) is 0 Å². The molecule has 4 aliphatic rings. The first-order valence-electron chi connectivity index (χ1n) is 6.50. The van der Waals surface area contributed by atoms with Crippen LogP contribution in [0.5, 0.6) is 0 Å². The highest BCUT2D eigenvalue weighted by molar-refractivity contribution is 5.03. The summed E-state index contributed by atoms with van der Waals surface area (Å²) in [6.07, 6.45) is 0. The van der Waals surface area contributed by atoms with Gasteiger partial charge in [-0.15, -0.1) is 0 Å². The highest BCUT2D eigenvalue weighted by Crippen LogP contribution is 2.48. The summed E-state index contributed by atoms with van der Waals surface area (Å²) in [6.45, 7) is 5.42. The van der Waals surface area contributed by atoms with Crippen molar-refractivity contribution >= 4 is 0 Å². The third-order valence-electron chi connectivity index (χ3n) is 4.96. The summed E-state index contributed by atoms with van der Waals surface area (Å²) in [5, 5.41) is 23.9. The SMILES string of the molecule is OCC1[C@H]2CNC[C@@H]12.OCC1[C@H]2CNC[C@@H]12. The zero-order valence-corrected chi connectivity index (χ0v) is 9.60. The molecule has 0 spiro atoms. The lowest BCUT2D eigenvalue weighted by Crippen LogP contribution is -2.15. The summed E-state index contributed by atoms with van der Waals surface area (Å²) in [5.74, 6) is 4.66. The third-order valence-corrected chi connectivity index (χ3v) is 4.96. The Morgan fingerprint density at radius 1 is 0.688 bits per heavy atom. The number of aliphatic hydroxyl groups is 2. The van der Waals surface area contributed by atoms with Gasteiger partial charge in [0.15, 0.2) is 0 Å². The highest BCUT2D eigenvalue weighted by atomic mass is 16.3. The molecule has 4 nitrogen and oxygen atoms in total. The van der Waals surface area contributed by atoms with E-state index in [4.69, 9.17) is 10.2 Å². The van der Waals surface area contributed by atoms with E-state index in [0.29, 0.717) is 25.0 Å². The van der Waals surface area contributed by atoms with Gasteiger partial charge in [-0.2, -0.15) is 0 Å². The normalized spacial score (nSPS) is 51.4. The van der Waals surface area contributed by atoms with Gasteiger partial charge in [-0.3, -0.25) is 0 Å². The van der Waals surface area contributed by atoms with Gasteiger partial charge in [0.2, 0.25) is 0 Å².